The highest BCUT2D eigenvalue weighted by atomic mass is 16.5. The van der Waals surface area contributed by atoms with Crippen molar-refractivity contribution in [1.82, 2.24) is 5.32 Å². The Kier molecular flexibility index (Phi) is 4.28. The van der Waals surface area contributed by atoms with Gasteiger partial charge in [0.2, 0.25) is 5.91 Å². The number of hydrogen-bond donors (Lipinski definition) is 1. The van der Waals surface area contributed by atoms with Crippen molar-refractivity contribution in [1.29, 1.82) is 0 Å². The molecule has 1 saturated heterocycles. The Balaban J connectivity index is 2.37. The highest BCUT2D eigenvalue weighted by Gasteiger charge is 2.44. The zero-order valence-electron chi connectivity index (χ0n) is 9.32. The molecule has 2 atom stereocenters. The van der Waals surface area contributed by atoms with Crippen LogP contribution in [-0.2, 0) is 23.9 Å². The summed E-state index contributed by atoms with van der Waals surface area (Å²) in [5.41, 5.74) is 0. The molecule has 0 aromatic rings. The maximum Gasteiger partial charge on any atom is 0.329 e. The van der Waals surface area contributed by atoms with Crippen LogP contribution >= 0.6 is 0 Å². The largest absolute Gasteiger partial charge is 0.467 e. The minimum absolute atomic E-state index is 0.138. The van der Waals surface area contributed by atoms with Gasteiger partial charge in [-0.25, -0.2) is 4.79 Å². The van der Waals surface area contributed by atoms with Crippen LogP contribution in [0.4, 0.5) is 0 Å². The molecule has 1 aliphatic heterocycles. The lowest BCUT2D eigenvalue weighted by Gasteiger charge is -2.34. The van der Waals surface area contributed by atoms with Gasteiger partial charge in [-0.15, -0.1) is 0 Å². The number of carbonyl (C=O) groups is 3. The third-order valence-electron chi connectivity index (χ3n) is 2.46. The Morgan fingerprint density at radius 1 is 1.44 bits per heavy atom. The summed E-state index contributed by atoms with van der Waals surface area (Å²) in [5.74, 6) is -1.53. The second-order valence-corrected chi connectivity index (χ2v) is 3.46. The fourth-order valence-electron chi connectivity index (χ4n) is 1.57. The van der Waals surface area contributed by atoms with E-state index >= 15 is 0 Å². The third-order valence-corrected chi connectivity index (χ3v) is 2.46. The molecule has 1 aliphatic rings. The molecule has 6 nitrogen and oxygen atoms in total. The van der Waals surface area contributed by atoms with Gasteiger partial charge in [-0.1, -0.05) is 0 Å². The summed E-state index contributed by atoms with van der Waals surface area (Å²) in [5, 5.41) is 2.43. The summed E-state index contributed by atoms with van der Waals surface area (Å²) in [4.78, 5) is 33.4. The first kappa shape index (κ1) is 12.5. The lowest BCUT2D eigenvalue weighted by atomic mass is 9.86. The van der Waals surface area contributed by atoms with E-state index in [2.05, 4.69) is 10.1 Å². The average Bonchev–Trinajstić information content (AvgIpc) is 2.25. The summed E-state index contributed by atoms with van der Waals surface area (Å²) in [6.45, 7) is 2.03. The first-order valence-electron chi connectivity index (χ1n) is 5.14. The minimum Gasteiger partial charge on any atom is -0.467 e. The predicted octanol–water partition coefficient (Wildman–Crippen LogP) is -0.383. The lowest BCUT2D eigenvalue weighted by molar-refractivity contribution is -0.156. The predicted molar refractivity (Wildman–Crippen MR) is 53.3 cm³/mol. The first-order valence-corrected chi connectivity index (χ1v) is 5.14. The zero-order chi connectivity index (χ0) is 12.1. The first-order chi connectivity index (χ1) is 7.60. The Hall–Kier alpha value is -1.59. The number of rotatable bonds is 5. The Morgan fingerprint density at radius 3 is 2.62 bits per heavy atom. The van der Waals surface area contributed by atoms with Crippen LogP contribution in [0.5, 0.6) is 0 Å². The van der Waals surface area contributed by atoms with Crippen molar-refractivity contribution < 1.29 is 23.9 Å². The maximum atomic E-state index is 11.2. The van der Waals surface area contributed by atoms with Crippen LogP contribution in [0.15, 0.2) is 0 Å². The highest BCUT2D eigenvalue weighted by molar-refractivity contribution is 5.97. The summed E-state index contributed by atoms with van der Waals surface area (Å²) in [7, 11) is 1.26. The van der Waals surface area contributed by atoms with Crippen molar-refractivity contribution in [2.24, 2.45) is 5.92 Å². The molecule has 1 rings (SSSR count). The van der Waals surface area contributed by atoms with Crippen molar-refractivity contribution >= 4 is 17.8 Å². The van der Waals surface area contributed by atoms with E-state index in [1.807, 2.05) is 0 Å². The van der Waals surface area contributed by atoms with Gasteiger partial charge in [0.15, 0.2) is 0 Å². The Bertz CT molecular complexity index is 302. The lowest BCUT2D eigenvalue weighted by Crippen LogP contribution is -2.62. The van der Waals surface area contributed by atoms with Gasteiger partial charge in [0.05, 0.1) is 19.6 Å². The van der Waals surface area contributed by atoms with Crippen LogP contribution in [0.2, 0.25) is 0 Å². The van der Waals surface area contributed by atoms with Crippen LogP contribution in [0, 0.1) is 5.92 Å². The molecule has 16 heavy (non-hydrogen) atoms. The van der Waals surface area contributed by atoms with Crippen molar-refractivity contribution in [3.8, 4) is 0 Å². The van der Waals surface area contributed by atoms with Gasteiger partial charge in [0.1, 0.15) is 6.04 Å². The Morgan fingerprint density at radius 2 is 2.12 bits per heavy atom. The van der Waals surface area contributed by atoms with Crippen LogP contribution in [0.3, 0.4) is 0 Å². The number of nitrogens with one attached hydrogen (secondary N) is 1. The van der Waals surface area contributed by atoms with E-state index < -0.39 is 17.9 Å². The molecule has 1 fully saturated rings. The molecule has 0 bridgehead atoms. The van der Waals surface area contributed by atoms with Gasteiger partial charge in [-0.05, 0) is 13.3 Å². The van der Waals surface area contributed by atoms with E-state index in [-0.39, 0.29) is 18.3 Å². The van der Waals surface area contributed by atoms with E-state index in [0.717, 1.165) is 0 Å². The normalized spacial score (nSPS) is 23.0. The fraction of sp³-hybridized carbons (Fsp3) is 0.700. The van der Waals surface area contributed by atoms with Gasteiger partial charge >= 0.3 is 11.9 Å². The van der Waals surface area contributed by atoms with E-state index in [1.165, 1.54) is 7.11 Å². The van der Waals surface area contributed by atoms with Crippen LogP contribution in [-0.4, -0.2) is 37.6 Å². The summed E-state index contributed by atoms with van der Waals surface area (Å²) < 4.78 is 9.25. The number of hydrogen-bond acceptors (Lipinski definition) is 5. The smallest absolute Gasteiger partial charge is 0.329 e. The standard InChI is InChI=1S/C10H15NO5/c1-3-16-7(12)5-4-6-8(10(14)15-2)11-9(6)13/h6,8H,3-5H2,1-2H3,(H,11,13)/t6-,8-/m0/s1. The van der Waals surface area contributed by atoms with Gasteiger partial charge in [0, 0.05) is 6.42 Å². The van der Waals surface area contributed by atoms with Crippen molar-refractivity contribution in [2.75, 3.05) is 13.7 Å². The SMILES string of the molecule is CCOC(=O)CC[C@@H]1C(=O)N[C@@H]1C(=O)OC. The third kappa shape index (κ3) is 2.71. The molecule has 90 valence electrons. The molecular weight excluding hydrogens is 214 g/mol. The van der Waals surface area contributed by atoms with E-state index in [1.54, 1.807) is 6.92 Å². The molecule has 1 heterocycles. The molecule has 1 amide bonds. The molecule has 0 saturated carbocycles. The molecule has 1 N–H and O–H groups in total. The fourth-order valence-corrected chi connectivity index (χ4v) is 1.57. The minimum atomic E-state index is -0.619. The zero-order valence-corrected chi connectivity index (χ0v) is 9.32. The van der Waals surface area contributed by atoms with Gasteiger partial charge in [-0.2, -0.15) is 0 Å². The second kappa shape index (κ2) is 5.48. The van der Waals surface area contributed by atoms with Gasteiger partial charge in [0.25, 0.3) is 0 Å². The molecule has 0 aromatic carbocycles. The number of ether oxygens (including phenoxy) is 2. The number of β-lactam (4-membered cyclic amide) rings is 1. The van der Waals surface area contributed by atoms with E-state index in [0.29, 0.717) is 13.0 Å². The average molecular weight is 229 g/mol. The van der Waals surface area contributed by atoms with Crippen LogP contribution in [0.25, 0.3) is 0 Å². The molecule has 0 radical (unpaired) electrons. The molecule has 0 aromatic heterocycles. The van der Waals surface area contributed by atoms with Crippen LogP contribution < -0.4 is 5.32 Å². The van der Waals surface area contributed by atoms with Crippen molar-refractivity contribution in [2.45, 2.75) is 25.8 Å². The molecule has 0 aliphatic carbocycles. The number of carbonyl (C=O) groups excluding carboxylic acids is 3. The monoisotopic (exact) mass is 229 g/mol. The summed E-state index contributed by atoms with van der Waals surface area (Å²) in [6.07, 6.45) is 0.448. The number of esters is 2. The molecule has 0 unspecified atom stereocenters. The van der Waals surface area contributed by atoms with Crippen molar-refractivity contribution in [3.05, 3.63) is 0 Å². The maximum absolute atomic E-state index is 11.2. The van der Waals surface area contributed by atoms with E-state index in [4.69, 9.17) is 4.74 Å². The quantitative estimate of drug-likeness (QED) is 0.513. The van der Waals surface area contributed by atoms with Gasteiger partial charge < -0.3 is 14.8 Å². The number of amides is 1. The highest BCUT2D eigenvalue weighted by Crippen LogP contribution is 2.21. The van der Waals surface area contributed by atoms with Crippen LogP contribution in [0.1, 0.15) is 19.8 Å². The topological polar surface area (TPSA) is 81.7 Å². The number of methoxy groups -OCH3 is 1. The second-order valence-electron chi connectivity index (χ2n) is 3.46. The van der Waals surface area contributed by atoms with E-state index in [9.17, 15) is 14.4 Å². The van der Waals surface area contributed by atoms with Crippen molar-refractivity contribution in [3.63, 3.8) is 0 Å². The van der Waals surface area contributed by atoms with Gasteiger partial charge in [-0.3, -0.25) is 9.59 Å². The molecule has 0 spiro atoms. The Labute approximate surface area is 93.3 Å². The summed E-state index contributed by atoms with van der Waals surface area (Å²) in [6, 6.07) is -0.619. The molecule has 6 heteroatoms. The summed E-state index contributed by atoms with van der Waals surface area (Å²) >= 11 is 0. The molecular formula is C10H15NO5.